The van der Waals surface area contributed by atoms with Crippen LogP contribution in [0.15, 0.2) is 42.7 Å². The second-order valence-electron chi connectivity index (χ2n) is 8.20. The van der Waals surface area contributed by atoms with Gasteiger partial charge in [-0.15, -0.1) is 11.8 Å². The molecule has 0 spiro atoms. The Morgan fingerprint density at radius 1 is 1.15 bits per heavy atom. The number of nitrogens with one attached hydrogen (secondary N) is 1. The molecule has 1 aromatic carbocycles. The van der Waals surface area contributed by atoms with Crippen LogP contribution < -0.4 is 10.2 Å². The number of aromatic nitrogens is 6. The van der Waals surface area contributed by atoms with Gasteiger partial charge >= 0.3 is 6.18 Å². The molecule has 12 heteroatoms. The number of alkyl halides is 3. The zero-order valence-electron chi connectivity index (χ0n) is 18.6. The number of anilines is 2. The fraction of sp³-hybridized carbons (Fsp3) is 0.364. The summed E-state index contributed by atoms with van der Waals surface area (Å²) in [6.45, 7) is 3.42. The van der Waals surface area contributed by atoms with Gasteiger partial charge in [0.2, 0.25) is 5.95 Å². The summed E-state index contributed by atoms with van der Waals surface area (Å²) in [4.78, 5) is 11.2. The van der Waals surface area contributed by atoms with Crippen molar-refractivity contribution in [1.29, 1.82) is 0 Å². The Morgan fingerprint density at radius 2 is 1.91 bits per heavy atom. The molecule has 3 aromatic heterocycles. The van der Waals surface area contributed by atoms with Gasteiger partial charge in [0.15, 0.2) is 5.65 Å². The van der Waals surface area contributed by atoms with E-state index in [1.807, 2.05) is 53.0 Å². The highest BCUT2D eigenvalue weighted by Gasteiger charge is 2.35. The van der Waals surface area contributed by atoms with Crippen molar-refractivity contribution in [2.45, 2.75) is 24.9 Å². The number of hydrogen-bond acceptors (Lipinski definition) is 7. The van der Waals surface area contributed by atoms with Crippen molar-refractivity contribution >= 4 is 34.6 Å². The molecule has 1 fully saturated rings. The second kappa shape index (κ2) is 8.82. The molecular weight excluding hydrogens is 465 g/mol. The van der Waals surface area contributed by atoms with E-state index in [4.69, 9.17) is 0 Å². The van der Waals surface area contributed by atoms with Crippen LogP contribution in [0.3, 0.4) is 0 Å². The summed E-state index contributed by atoms with van der Waals surface area (Å²) >= 11 is 0.926. The maximum absolute atomic E-state index is 12.5. The van der Waals surface area contributed by atoms with Crippen LogP contribution in [0.1, 0.15) is 11.3 Å². The van der Waals surface area contributed by atoms with Crippen LogP contribution in [0, 0.1) is 6.92 Å². The molecule has 0 amide bonds. The molecule has 0 unspecified atom stereocenters. The highest BCUT2D eigenvalue weighted by Crippen LogP contribution is 2.32. The Kier molecular flexibility index (Phi) is 5.84. The highest BCUT2D eigenvalue weighted by molar-refractivity contribution is 8.00. The van der Waals surface area contributed by atoms with Crippen molar-refractivity contribution in [3.8, 4) is 5.69 Å². The van der Waals surface area contributed by atoms with E-state index in [1.165, 1.54) is 0 Å². The fourth-order valence-electron chi connectivity index (χ4n) is 3.77. The lowest BCUT2D eigenvalue weighted by Crippen LogP contribution is -2.50. The van der Waals surface area contributed by atoms with Crippen LogP contribution >= 0.6 is 11.8 Å². The third-order valence-electron chi connectivity index (χ3n) is 5.66. The number of para-hydroxylation sites is 1. The quantitative estimate of drug-likeness (QED) is 0.422. The van der Waals surface area contributed by atoms with Crippen molar-refractivity contribution in [2.75, 3.05) is 29.1 Å². The van der Waals surface area contributed by atoms with Crippen molar-refractivity contribution in [2.24, 2.45) is 7.05 Å². The number of halogens is 3. The Labute approximate surface area is 198 Å². The van der Waals surface area contributed by atoms with Gasteiger partial charge in [0.25, 0.3) is 0 Å². The number of hydrogen-bond donors (Lipinski definition) is 1. The van der Waals surface area contributed by atoms with Gasteiger partial charge in [-0.25, -0.2) is 4.68 Å². The molecule has 178 valence electrons. The first-order valence-corrected chi connectivity index (χ1v) is 11.8. The Hall–Kier alpha value is -3.28. The Balaban J connectivity index is 1.33. The fourth-order valence-corrected chi connectivity index (χ4v) is 4.76. The van der Waals surface area contributed by atoms with Crippen molar-refractivity contribution in [1.82, 2.24) is 29.5 Å². The summed E-state index contributed by atoms with van der Waals surface area (Å²) in [6, 6.07) is 9.88. The van der Waals surface area contributed by atoms with Crippen molar-refractivity contribution < 1.29 is 13.2 Å². The average Bonchev–Trinajstić information content (AvgIpc) is 3.33. The SMILES string of the molecule is Cc1nn(-c2ccccc2)cc1CNc1nc(N2CC(SCC(F)(F)F)C2)nc2c1cnn2C. The number of benzene rings is 1. The van der Waals surface area contributed by atoms with Gasteiger partial charge in [0.1, 0.15) is 5.82 Å². The van der Waals surface area contributed by atoms with Gasteiger partial charge in [-0.3, -0.25) is 4.68 Å². The van der Waals surface area contributed by atoms with Gasteiger partial charge in [0, 0.05) is 43.7 Å². The molecule has 0 saturated carbocycles. The molecule has 4 aromatic rings. The molecule has 0 atom stereocenters. The lowest BCUT2D eigenvalue weighted by atomic mass is 10.2. The zero-order chi connectivity index (χ0) is 23.9. The normalized spacial score (nSPS) is 14.6. The number of fused-ring (bicyclic) bond motifs is 1. The van der Waals surface area contributed by atoms with Gasteiger partial charge < -0.3 is 10.2 Å². The van der Waals surface area contributed by atoms with E-state index >= 15 is 0 Å². The van der Waals surface area contributed by atoms with Gasteiger partial charge in [-0.1, -0.05) is 18.2 Å². The predicted molar refractivity (Wildman–Crippen MR) is 126 cm³/mol. The molecule has 1 aliphatic heterocycles. The number of aryl methyl sites for hydroxylation is 2. The molecule has 0 aliphatic carbocycles. The summed E-state index contributed by atoms with van der Waals surface area (Å²) in [5.41, 5.74) is 3.57. The van der Waals surface area contributed by atoms with E-state index in [-0.39, 0.29) is 5.25 Å². The van der Waals surface area contributed by atoms with Crippen molar-refractivity contribution in [3.63, 3.8) is 0 Å². The van der Waals surface area contributed by atoms with E-state index in [1.54, 1.807) is 17.9 Å². The van der Waals surface area contributed by atoms with Crippen molar-refractivity contribution in [3.05, 3.63) is 54.0 Å². The lowest BCUT2D eigenvalue weighted by Gasteiger charge is -2.39. The molecule has 0 radical (unpaired) electrons. The first-order chi connectivity index (χ1) is 16.3. The lowest BCUT2D eigenvalue weighted by molar-refractivity contribution is -0.105. The average molecular weight is 489 g/mol. The highest BCUT2D eigenvalue weighted by atomic mass is 32.2. The number of nitrogens with zero attached hydrogens (tertiary/aromatic N) is 7. The van der Waals surface area contributed by atoms with Crippen LogP contribution in [-0.2, 0) is 13.6 Å². The topological polar surface area (TPSA) is 76.7 Å². The van der Waals surface area contributed by atoms with E-state index in [0.29, 0.717) is 37.0 Å². The van der Waals surface area contributed by atoms with Crippen LogP contribution in [-0.4, -0.2) is 59.8 Å². The van der Waals surface area contributed by atoms with Crippen LogP contribution in [0.25, 0.3) is 16.7 Å². The summed E-state index contributed by atoms with van der Waals surface area (Å²) in [6.07, 6.45) is -0.462. The third kappa shape index (κ3) is 4.67. The summed E-state index contributed by atoms with van der Waals surface area (Å²) in [7, 11) is 1.80. The third-order valence-corrected chi connectivity index (χ3v) is 6.93. The molecule has 0 bridgehead atoms. The molecular formula is C22H23F3N8S. The van der Waals surface area contributed by atoms with E-state index in [2.05, 4.69) is 25.5 Å². The Morgan fingerprint density at radius 3 is 2.65 bits per heavy atom. The van der Waals surface area contributed by atoms with Crippen LogP contribution in [0.2, 0.25) is 0 Å². The minimum Gasteiger partial charge on any atom is -0.365 e. The minimum atomic E-state index is -4.15. The van der Waals surface area contributed by atoms with E-state index in [0.717, 1.165) is 34.1 Å². The van der Waals surface area contributed by atoms with Crippen LogP contribution in [0.4, 0.5) is 24.9 Å². The molecule has 8 nitrogen and oxygen atoms in total. The summed E-state index contributed by atoms with van der Waals surface area (Å²) in [5, 5.41) is 13.0. The smallest absolute Gasteiger partial charge is 0.365 e. The minimum absolute atomic E-state index is 0.0876. The summed E-state index contributed by atoms with van der Waals surface area (Å²) in [5.74, 6) is 0.279. The molecule has 5 rings (SSSR count). The largest absolute Gasteiger partial charge is 0.397 e. The molecule has 1 aliphatic rings. The van der Waals surface area contributed by atoms with E-state index in [9.17, 15) is 13.2 Å². The van der Waals surface area contributed by atoms with Crippen LogP contribution in [0.5, 0.6) is 0 Å². The molecule has 1 saturated heterocycles. The first-order valence-electron chi connectivity index (χ1n) is 10.7. The Bertz CT molecular complexity index is 1290. The summed E-state index contributed by atoms with van der Waals surface area (Å²) < 4.78 is 41.0. The molecule has 34 heavy (non-hydrogen) atoms. The zero-order valence-corrected chi connectivity index (χ0v) is 19.4. The first kappa shape index (κ1) is 22.5. The van der Waals surface area contributed by atoms with Gasteiger partial charge in [-0.2, -0.15) is 33.3 Å². The van der Waals surface area contributed by atoms with Gasteiger partial charge in [0.05, 0.1) is 28.7 Å². The monoisotopic (exact) mass is 488 g/mol. The standard InChI is InChI=1S/C22H23F3N8S/c1-14-15(10-33(30-14)16-6-4-3-5-7-16)8-26-19-18-9-27-31(2)20(18)29-21(28-19)32-11-17(12-32)34-13-22(23,24)25/h3-7,9-10,17H,8,11-13H2,1-2H3,(H,26,28,29). The molecule has 1 N–H and O–H groups in total. The number of thioether (sulfide) groups is 1. The predicted octanol–water partition coefficient (Wildman–Crippen LogP) is 3.95. The maximum atomic E-state index is 12.5. The van der Waals surface area contributed by atoms with Gasteiger partial charge in [-0.05, 0) is 19.1 Å². The second-order valence-corrected chi connectivity index (χ2v) is 9.49. The molecule has 4 heterocycles. The number of rotatable bonds is 7. The van der Waals surface area contributed by atoms with E-state index < -0.39 is 11.9 Å². The maximum Gasteiger partial charge on any atom is 0.397 e.